The van der Waals surface area contributed by atoms with Crippen molar-refractivity contribution in [3.8, 4) is 5.75 Å². The molecule has 0 heterocycles. The fourth-order valence-corrected chi connectivity index (χ4v) is 3.59. The van der Waals surface area contributed by atoms with Crippen LogP contribution in [-0.2, 0) is 10.0 Å². The monoisotopic (exact) mass is 375 g/mol. The number of nitrogens with two attached hydrogens (primary N) is 1. The quantitative estimate of drug-likeness (QED) is 0.651. The molecule has 7 nitrogen and oxygen atoms in total. The zero-order chi connectivity index (χ0) is 18.6. The molecule has 2 aromatic rings. The van der Waals surface area contributed by atoms with Crippen molar-refractivity contribution in [3.63, 3.8) is 0 Å². The number of benzene rings is 2. The molecule has 0 bridgehead atoms. The van der Waals surface area contributed by atoms with E-state index in [1.165, 1.54) is 24.3 Å². The van der Waals surface area contributed by atoms with Gasteiger partial charge in [-0.25, -0.2) is 13.1 Å². The molecule has 0 aromatic heterocycles. The number of carbonyl (C=O) groups is 1. The Bertz CT molecular complexity index is 860. The molecule has 1 fully saturated rings. The highest BCUT2D eigenvalue weighted by Gasteiger charge is 2.27. The largest absolute Gasteiger partial charge is 0.492 e. The molecule has 1 amide bonds. The minimum atomic E-state index is -3.52. The lowest BCUT2D eigenvalue weighted by molar-refractivity contribution is 0.102. The maximum atomic E-state index is 12.3. The Labute approximate surface area is 152 Å². The van der Waals surface area contributed by atoms with E-state index in [1.807, 2.05) is 0 Å². The summed E-state index contributed by atoms with van der Waals surface area (Å²) in [5.41, 5.74) is 6.36. The molecule has 0 spiro atoms. The summed E-state index contributed by atoms with van der Waals surface area (Å²) in [6.45, 7) is 0.858. The first-order valence-corrected chi connectivity index (χ1v) is 9.83. The van der Waals surface area contributed by atoms with Crippen molar-refractivity contribution in [2.24, 2.45) is 5.73 Å². The number of amides is 1. The first-order valence-electron chi connectivity index (χ1n) is 8.34. The number of hydrogen-bond donors (Lipinski definition) is 3. The van der Waals surface area contributed by atoms with Gasteiger partial charge < -0.3 is 15.8 Å². The van der Waals surface area contributed by atoms with Crippen molar-refractivity contribution < 1.29 is 17.9 Å². The van der Waals surface area contributed by atoms with Crippen molar-refractivity contribution in [1.82, 2.24) is 4.72 Å². The average molecular weight is 375 g/mol. The van der Waals surface area contributed by atoms with Gasteiger partial charge in [-0.3, -0.25) is 4.79 Å². The molecular weight excluding hydrogens is 354 g/mol. The Morgan fingerprint density at radius 1 is 1.08 bits per heavy atom. The van der Waals surface area contributed by atoms with E-state index >= 15 is 0 Å². The molecule has 8 heteroatoms. The Morgan fingerprint density at radius 3 is 2.31 bits per heavy atom. The van der Waals surface area contributed by atoms with Gasteiger partial charge in [0, 0.05) is 23.8 Å². The van der Waals surface area contributed by atoms with E-state index in [-0.39, 0.29) is 16.8 Å². The van der Waals surface area contributed by atoms with Crippen LogP contribution in [0.4, 0.5) is 5.69 Å². The molecule has 3 rings (SSSR count). The minimum absolute atomic E-state index is 0.0415. The van der Waals surface area contributed by atoms with Crippen LogP contribution in [0.3, 0.4) is 0 Å². The summed E-state index contributed by atoms with van der Waals surface area (Å²) in [5.74, 6) is 0.353. The predicted octanol–water partition coefficient (Wildman–Crippen LogP) is 1.72. The Hall–Kier alpha value is -2.42. The van der Waals surface area contributed by atoms with Crippen LogP contribution >= 0.6 is 0 Å². The van der Waals surface area contributed by atoms with E-state index < -0.39 is 10.0 Å². The molecule has 0 radical (unpaired) electrons. The number of rotatable bonds is 8. The lowest BCUT2D eigenvalue weighted by Gasteiger charge is -2.09. The van der Waals surface area contributed by atoms with Gasteiger partial charge in [-0.1, -0.05) is 0 Å². The van der Waals surface area contributed by atoms with Crippen LogP contribution in [0, 0.1) is 0 Å². The van der Waals surface area contributed by atoms with Crippen LogP contribution in [-0.4, -0.2) is 33.5 Å². The zero-order valence-corrected chi connectivity index (χ0v) is 15.0. The van der Waals surface area contributed by atoms with Gasteiger partial charge in [0.05, 0.1) is 4.90 Å². The first-order chi connectivity index (χ1) is 12.5. The Morgan fingerprint density at radius 2 is 1.73 bits per heavy atom. The predicted molar refractivity (Wildman–Crippen MR) is 98.7 cm³/mol. The van der Waals surface area contributed by atoms with Crippen LogP contribution in [0.5, 0.6) is 5.75 Å². The number of carbonyl (C=O) groups excluding carboxylic acids is 1. The highest BCUT2D eigenvalue weighted by molar-refractivity contribution is 7.89. The average Bonchev–Trinajstić information content (AvgIpc) is 3.44. The van der Waals surface area contributed by atoms with E-state index in [1.54, 1.807) is 24.3 Å². The number of nitrogens with one attached hydrogen (secondary N) is 2. The summed E-state index contributed by atoms with van der Waals surface area (Å²) >= 11 is 0. The Balaban J connectivity index is 1.62. The molecule has 4 N–H and O–H groups in total. The number of anilines is 1. The molecular formula is C18H21N3O4S. The van der Waals surface area contributed by atoms with E-state index in [0.29, 0.717) is 30.2 Å². The fourth-order valence-electron chi connectivity index (χ4n) is 2.29. The highest BCUT2D eigenvalue weighted by atomic mass is 32.2. The maximum absolute atomic E-state index is 12.3. The van der Waals surface area contributed by atoms with E-state index in [9.17, 15) is 13.2 Å². The molecule has 0 unspecified atom stereocenters. The number of ether oxygens (including phenoxy) is 1. The summed E-state index contributed by atoms with van der Waals surface area (Å²) in [7, 11) is -3.52. The fraction of sp³-hybridized carbons (Fsp3) is 0.278. The lowest BCUT2D eigenvalue weighted by atomic mass is 10.2. The molecule has 0 atom stereocenters. The third kappa shape index (κ3) is 4.81. The molecule has 1 aliphatic rings. The smallest absolute Gasteiger partial charge is 0.255 e. The van der Waals surface area contributed by atoms with Crippen LogP contribution in [0.25, 0.3) is 0 Å². The zero-order valence-electron chi connectivity index (χ0n) is 14.1. The van der Waals surface area contributed by atoms with Gasteiger partial charge in [-0.05, 0) is 61.4 Å². The van der Waals surface area contributed by atoms with Gasteiger partial charge in [0.15, 0.2) is 0 Å². The molecule has 1 aliphatic carbocycles. The van der Waals surface area contributed by atoms with Gasteiger partial charge in [0.25, 0.3) is 5.91 Å². The van der Waals surface area contributed by atoms with Crippen molar-refractivity contribution in [2.45, 2.75) is 23.8 Å². The summed E-state index contributed by atoms with van der Waals surface area (Å²) in [6.07, 6.45) is 1.74. The van der Waals surface area contributed by atoms with Crippen molar-refractivity contribution >= 4 is 21.6 Å². The normalized spacial score (nSPS) is 14.0. The maximum Gasteiger partial charge on any atom is 0.255 e. The summed E-state index contributed by atoms with van der Waals surface area (Å²) < 4.78 is 32.2. The third-order valence-corrected chi connectivity index (χ3v) is 5.36. The summed E-state index contributed by atoms with van der Waals surface area (Å²) in [5, 5.41) is 2.76. The van der Waals surface area contributed by atoms with Crippen LogP contribution in [0.15, 0.2) is 53.4 Å². The van der Waals surface area contributed by atoms with E-state index in [0.717, 1.165) is 12.8 Å². The van der Waals surface area contributed by atoms with Gasteiger partial charge in [-0.15, -0.1) is 0 Å². The van der Waals surface area contributed by atoms with Crippen LogP contribution in [0.1, 0.15) is 23.2 Å². The lowest BCUT2D eigenvalue weighted by Crippen LogP contribution is -2.25. The topological polar surface area (TPSA) is 111 Å². The van der Waals surface area contributed by atoms with Crippen LogP contribution in [0.2, 0.25) is 0 Å². The highest BCUT2D eigenvalue weighted by Crippen LogP contribution is 2.22. The number of sulfonamides is 1. The van der Waals surface area contributed by atoms with Crippen LogP contribution < -0.4 is 20.5 Å². The second-order valence-electron chi connectivity index (χ2n) is 6.04. The molecule has 2 aromatic carbocycles. The van der Waals surface area contributed by atoms with Gasteiger partial charge in [0.1, 0.15) is 12.4 Å². The molecule has 0 aliphatic heterocycles. The van der Waals surface area contributed by atoms with Gasteiger partial charge >= 0.3 is 0 Å². The minimum Gasteiger partial charge on any atom is -0.492 e. The molecule has 138 valence electrons. The second-order valence-corrected chi connectivity index (χ2v) is 7.75. The Kier molecular flexibility index (Phi) is 5.55. The van der Waals surface area contributed by atoms with Crippen molar-refractivity contribution in [2.75, 3.05) is 18.5 Å². The molecule has 0 saturated heterocycles. The summed E-state index contributed by atoms with van der Waals surface area (Å²) in [6, 6.07) is 12.8. The summed E-state index contributed by atoms with van der Waals surface area (Å²) in [4.78, 5) is 12.5. The SMILES string of the molecule is NCCOc1ccc(NC(=O)c2ccc(S(=O)(=O)NC3CC3)cc2)cc1. The molecule has 1 saturated carbocycles. The van der Waals surface area contributed by atoms with Crippen molar-refractivity contribution in [1.29, 1.82) is 0 Å². The number of hydrogen-bond acceptors (Lipinski definition) is 5. The van der Waals surface area contributed by atoms with E-state index in [2.05, 4.69) is 10.0 Å². The van der Waals surface area contributed by atoms with E-state index in [4.69, 9.17) is 10.5 Å². The third-order valence-electron chi connectivity index (χ3n) is 3.82. The van der Waals surface area contributed by atoms with Gasteiger partial charge in [0.2, 0.25) is 10.0 Å². The van der Waals surface area contributed by atoms with Gasteiger partial charge in [-0.2, -0.15) is 0 Å². The molecule has 26 heavy (non-hydrogen) atoms. The van der Waals surface area contributed by atoms with Crippen molar-refractivity contribution in [3.05, 3.63) is 54.1 Å². The second kappa shape index (κ2) is 7.86. The standard InChI is InChI=1S/C18H21N3O4S/c19-11-12-25-16-7-5-14(6-8-16)20-18(22)13-1-9-17(10-2-13)26(23,24)21-15-3-4-15/h1-2,5-10,15,21H,3-4,11-12,19H2,(H,20,22). The first kappa shape index (κ1) is 18.4.